The fourth-order valence-corrected chi connectivity index (χ4v) is 3.63. The average molecular weight is 324 g/mol. The molecule has 1 fully saturated rings. The van der Waals surface area contributed by atoms with E-state index in [1.54, 1.807) is 43.5 Å². The van der Waals surface area contributed by atoms with Crippen LogP contribution in [0.25, 0.3) is 0 Å². The molecule has 1 aliphatic rings. The minimum absolute atomic E-state index is 0.311. The number of esters is 1. The summed E-state index contributed by atoms with van der Waals surface area (Å²) in [6.45, 7) is 3.96. The molecule has 1 heterocycles. The van der Waals surface area contributed by atoms with Crippen molar-refractivity contribution >= 4 is 16.0 Å². The molecule has 0 atom stereocenters. The Hall–Kier alpha value is -1.86. The monoisotopic (exact) mass is 324 g/mol. The normalized spacial score (nSPS) is 16.9. The van der Waals surface area contributed by atoms with Crippen LogP contribution >= 0.6 is 0 Å². The van der Waals surface area contributed by atoms with Crippen LogP contribution in [-0.4, -0.2) is 56.4 Å². The van der Waals surface area contributed by atoms with Crippen molar-refractivity contribution in [2.24, 2.45) is 0 Å². The largest absolute Gasteiger partial charge is 0.463 e. The lowest BCUT2D eigenvalue weighted by Gasteiger charge is -2.33. The summed E-state index contributed by atoms with van der Waals surface area (Å²) in [5.74, 6) is -0.387. The van der Waals surface area contributed by atoms with Gasteiger partial charge in [-0.05, 0) is 19.1 Å². The maximum absolute atomic E-state index is 12.5. The summed E-state index contributed by atoms with van der Waals surface area (Å²) in [6.07, 6.45) is 3.02. The van der Waals surface area contributed by atoms with Crippen molar-refractivity contribution < 1.29 is 17.9 Å². The zero-order valence-corrected chi connectivity index (χ0v) is 13.3. The van der Waals surface area contributed by atoms with Crippen LogP contribution in [-0.2, 0) is 19.6 Å². The molecule has 0 amide bonds. The quantitative estimate of drug-likeness (QED) is 0.599. The van der Waals surface area contributed by atoms with Crippen molar-refractivity contribution in [1.29, 1.82) is 0 Å². The molecule has 0 spiro atoms. The van der Waals surface area contributed by atoms with Crippen LogP contribution in [0, 0.1) is 0 Å². The van der Waals surface area contributed by atoms with Crippen LogP contribution in [0.4, 0.5) is 0 Å². The number of rotatable bonds is 5. The first-order valence-corrected chi connectivity index (χ1v) is 8.62. The van der Waals surface area contributed by atoms with Gasteiger partial charge in [0, 0.05) is 38.5 Å². The van der Waals surface area contributed by atoms with Gasteiger partial charge >= 0.3 is 5.97 Å². The molecular weight excluding hydrogens is 304 g/mol. The van der Waals surface area contributed by atoms with E-state index in [0.29, 0.717) is 37.7 Å². The molecule has 2 rings (SSSR count). The SMILES string of the molecule is CCOC(=O)/C=C/N1CCN(S(=O)(=O)c2ccccc2)CC1. The van der Waals surface area contributed by atoms with Crippen molar-refractivity contribution in [3.05, 3.63) is 42.6 Å². The molecule has 0 bridgehead atoms. The molecule has 1 saturated heterocycles. The summed E-state index contributed by atoms with van der Waals surface area (Å²) in [4.78, 5) is 13.5. The van der Waals surface area contributed by atoms with E-state index >= 15 is 0 Å². The molecule has 6 nitrogen and oxygen atoms in total. The fourth-order valence-electron chi connectivity index (χ4n) is 2.19. The standard InChI is InChI=1S/C15H20N2O4S/c1-2-21-15(18)8-9-16-10-12-17(13-11-16)22(19,20)14-6-4-3-5-7-14/h3-9H,2,10-13H2,1H3/b9-8+. The van der Waals surface area contributed by atoms with Gasteiger partial charge in [-0.3, -0.25) is 0 Å². The smallest absolute Gasteiger partial charge is 0.332 e. The Kier molecular flexibility index (Phi) is 5.57. The van der Waals surface area contributed by atoms with E-state index in [4.69, 9.17) is 4.74 Å². The number of sulfonamides is 1. The van der Waals surface area contributed by atoms with Gasteiger partial charge in [0.25, 0.3) is 0 Å². The van der Waals surface area contributed by atoms with Gasteiger partial charge in [-0.15, -0.1) is 0 Å². The van der Waals surface area contributed by atoms with Gasteiger partial charge in [-0.2, -0.15) is 4.31 Å². The van der Waals surface area contributed by atoms with Crippen LogP contribution in [0.3, 0.4) is 0 Å². The average Bonchev–Trinajstić information content (AvgIpc) is 2.54. The Morgan fingerprint density at radius 3 is 2.41 bits per heavy atom. The molecule has 1 aromatic rings. The van der Waals surface area contributed by atoms with Gasteiger partial charge in [0.2, 0.25) is 10.0 Å². The van der Waals surface area contributed by atoms with Crippen molar-refractivity contribution in [2.45, 2.75) is 11.8 Å². The summed E-state index contributed by atoms with van der Waals surface area (Å²) in [7, 11) is -3.43. The molecule has 1 aliphatic heterocycles. The van der Waals surface area contributed by atoms with Crippen LogP contribution in [0.15, 0.2) is 47.5 Å². The summed E-state index contributed by atoms with van der Waals surface area (Å²) >= 11 is 0. The van der Waals surface area contributed by atoms with Gasteiger partial charge in [0.1, 0.15) is 0 Å². The topological polar surface area (TPSA) is 66.9 Å². The van der Waals surface area contributed by atoms with E-state index in [1.165, 1.54) is 10.4 Å². The van der Waals surface area contributed by atoms with Crippen molar-refractivity contribution in [3.8, 4) is 0 Å². The molecule has 1 aromatic carbocycles. The Morgan fingerprint density at radius 1 is 1.18 bits per heavy atom. The highest BCUT2D eigenvalue weighted by Gasteiger charge is 2.27. The van der Waals surface area contributed by atoms with Gasteiger partial charge in [-0.25, -0.2) is 13.2 Å². The maximum atomic E-state index is 12.5. The summed E-state index contributed by atoms with van der Waals surface area (Å²) < 4.78 is 31.2. The fraction of sp³-hybridized carbons (Fsp3) is 0.400. The third-order valence-electron chi connectivity index (χ3n) is 3.36. The molecule has 0 aliphatic carbocycles. The van der Waals surface area contributed by atoms with Crippen LogP contribution in [0.1, 0.15) is 6.92 Å². The molecule has 7 heteroatoms. The molecule has 0 unspecified atom stereocenters. The second-order valence-corrected chi connectivity index (χ2v) is 6.76. The predicted octanol–water partition coefficient (Wildman–Crippen LogP) is 1.07. The van der Waals surface area contributed by atoms with E-state index in [2.05, 4.69) is 0 Å². The maximum Gasteiger partial charge on any atom is 0.332 e. The zero-order chi connectivity index (χ0) is 16.0. The van der Waals surface area contributed by atoms with E-state index < -0.39 is 10.0 Å². The zero-order valence-electron chi connectivity index (χ0n) is 12.5. The highest BCUT2D eigenvalue weighted by molar-refractivity contribution is 7.89. The van der Waals surface area contributed by atoms with E-state index in [9.17, 15) is 13.2 Å². The second kappa shape index (κ2) is 7.42. The Balaban J connectivity index is 1.94. The van der Waals surface area contributed by atoms with Gasteiger partial charge in [0.05, 0.1) is 11.5 Å². The first kappa shape index (κ1) is 16.5. The van der Waals surface area contributed by atoms with Crippen molar-refractivity contribution in [1.82, 2.24) is 9.21 Å². The summed E-state index contributed by atoms with van der Waals surface area (Å²) in [5, 5.41) is 0. The second-order valence-electron chi connectivity index (χ2n) is 4.82. The summed E-state index contributed by atoms with van der Waals surface area (Å²) in [6, 6.07) is 8.41. The third kappa shape index (κ3) is 4.08. The van der Waals surface area contributed by atoms with Crippen molar-refractivity contribution in [2.75, 3.05) is 32.8 Å². The van der Waals surface area contributed by atoms with Gasteiger partial charge in [0.15, 0.2) is 0 Å². The van der Waals surface area contributed by atoms with Crippen LogP contribution < -0.4 is 0 Å². The number of carbonyl (C=O) groups excluding carboxylic acids is 1. The van der Waals surface area contributed by atoms with E-state index in [1.807, 2.05) is 4.90 Å². The Labute approximate surface area is 131 Å². The highest BCUT2D eigenvalue weighted by Crippen LogP contribution is 2.17. The van der Waals surface area contributed by atoms with Crippen molar-refractivity contribution in [3.63, 3.8) is 0 Å². The minimum atomic E-state index is -3.43. The highest BCUT2D eigenvalue weighted by atomic mass is 32.2. The summed E-state index contributed by atoms with van der Waals surface area (Å²) in [5.41, 5.74) is 0. The van der Waals surface area contributed by atoms with E-state index in [0.717, 1.165) is 0 Å². The van der Waals surface area contributed by atoms with Crippen LogP contribution in [0.5, 0.6) is 0 Å². The number of ether oxygens (including phenoxy) is 1. The number of carbonyl (C=O) groups is 1. The molecule has 0 aromatic heterocycles. The first-order chi connectivity index (χ1) is 10.5. The predicted molar refractivity (Wildman–Crippen MR) is 82.5 cm³/mol. The number of nitrogens with zero attached hydrogens (tertiary/aromatic N) is 2. The first-order valence-electron chi connectivity index (χ1n) is 7.18. The molecule has 22 heavy (non-hydrogen) atoms. The van der Waals surface area contributed by atoms with Gasteiger partial charge < -0.3 is 9.64 Å². The van der Waals surface area contributed by atoms with Gasteiger partial charge in [-0.1, -0.05) is 18.2 Å². The lowest BCUT2D eigenvalue weighted by Crippen LogP contribution is -2.46. The lowest BCUT2D eigenvalue weighted by atomic mass is 10.4. The third-order valence-corrected chi connectivity index (χ3v) is 5.28. The number of benzene rings is 1. The van der Waals surface area contributed by atoms with E-state index in [-0.39, 0.29) is 5.97 Å². The number of hydrogen-bond acceptors (Lipinski definition) is 5. The molecule has 0 N–H and O–H groups in total. The number of hydrogen-bond donors (Lipinski definition) is 0. The molecular formula is C15H20N2O4S. The Morgan fingerprint density at radius 2 is 1.82 bits per heavy atom. The lowest BCUT2D eigenvalue weighted by molar-refractivity contribution is -0.137. The molecule has 0 radical (unpaired) electrons. The van der Waals surface area contributed by atoms with Crippen LogP contribution in [0.2, 0.25) is 0 Å². The minimum Gasteiger partial charge on any atom is -0.463 e. The Bertz CT molecular complexity index is 620. The number of piperazine rings is 1. The molecule has 0 saturated carbocycles. The molecule has 120 valence electrons.